The molecule has 0 saturated carbocycles. The van der Waals surface area contributed by atoms with E-state index >= 15 is 0 Å². The molecule has 0 spiro atoms. The minimum Gasteiger partial charge on any atom is -0.349 e. The van der Waals surface area contributed by atoms with E-state index in [1.54, 1.807) is 23.1 Å². The molecular weight excluding hydrogens is 378 g/mol. The van der Waals surface area contributed by atoms with E-state index in [0.29, 0.717) is 18.8 Å². The molecular formula is C20H31N3O4S. The lowest BCUT2D eigenvalue weighted by Gasteiger charge is -2.36. The highest BCUT2D eigenvalue weighted by Crippen LogP contribution is 2.25. The number of likely N-dealkylation sites (tertiary alicyclic amines) is 1. The molecule has 0 bridgehead atoms. The van der Waals surface area contributed by atoms with E-state index in [4.69, 9.17) is 0 Å². The van der Waals surface area contributed by atoms with Crippen LogP contribution in [0.2, 0.25) is 0 Å². The maximum atomic E-state index is 12.8. The van der Waals surface area contributed by atoms with Crippen molar-refractivity contribution >= 4 is 27.5 Å². The van der Waals surface area contributed by atoms with Crippen molar-refractivity contribution in [2.75, 3.05) is 24.1 Å². The average Bonchev–Trinajstić information content (AvgIpc) is 2.59. The first-order chi connectivity index (χ1) is 12.9. The Kier molecular flexibility index (Phi) is 6.75. The van der Waals surface area contributed by atoms with E-state index in [-0.39, 0.29) is 23.8 Å². The molecule has 1 fully saturated rings. The van der Waals surface area contributed by atoms with E-state index in [9.17, 15) is 18.0 Å². The summed E-state index contributed by atoms with van der Waals surface area (Å²) in [6.45, 7) is 8.65. The molecule has 0 aliphatic carbocycles. The number of carbonyl (C=O) groups excluding carboxylic acids is 2. The summed E-state index contributed by atoms with van der Waals surface area (Å²) in [7, 11) is -3.36. The number of hydrogen-bond donors (Lipinski definition) is 2. The van der Waals surface area contributed by atoms with Crippen molar-refractivity contribution < 1.29 is 18.0 Å². The van der Waals surface area contributed by atoms with E-state index in [0.717, 1.165) is 24.7 Å². The molecule has 8 heteroatoms. The normalized spacial score (nSPS) is 19.0. The number of hydrogen-bond acceptors (Lipinski definition) is 4. The van der Waals surface area contributed by atoms with Gasteiger partial charge in [0.2, 0.25) is 21.8 Å². The first-order valence-corrected chi connectivity index (χ1v) is 11.4. The summed E-state index contributed by atoms with van der Waals surface area (Å²) in [4.78, 5) is 27.1. The molecule has 2 amide bonds. The molecule has 2 rings (SSSR count). The smallest absolute Gasteiger partial charge is 0.229 e. The van der Waals surface area contributed by atoms with E-state index < -0.39 is 15.4 Å². The zero-order valence-electron chi connectivity index (χ0n) is 17.3. The molecule has 2 atom stereocenters. The molecule has 1 aliphatic heterocycles. The number of piperidine rings is 1. The highest BCUT2D eigenvalue weighted by atomic mass is 32.2. The van der Waals surface area contributed by atoms with Gasteiger partial charge in [-0.25, -0.2) is 8.42 Å². The summed E-state index contributed by atoms with van der Waals surface area (Å²) in [5.74, 6) is -0.252. The van der Waals surface area contributed by atoms with Crippen LogP contribution in [0.1, 0.15) is 52.1 Å². The average molecular weight is 410 g/mol. The molecule has 28 heavy (non-hydrogen) atoms. The lowest BCUT2D eigenvalue weighted by Crippen LogP contribution is -2.49. The minimum atomic E-state index is -3.36. The zero-order valence-corrected chi connectivity index (χ0v) is 18.1. The van der Waals surface area contributed by atoms with Crippen LogP contribution in [-0.4, -0.2) is 44.5 Å². The van der Waals surface area contributed by atoms with Crippen LogP contribution in [0.5, 0.6) is 0 Å². The molecule has 1 aromatic carbocycles. The van der Waals surface area contributed by atoms with Crippen molar-refractivity contribution in [3.8, 4) is 0 Å². The summed E-state index contributed by atoms with van der Waals surface area (Å²) in [5.41, 5.74) is 0.805. The Bertz CT molecular complexity index is 830. The number of carbonyl (C=O) groups is 2. The maximum absolute atomic E-state index is 12.8. The van der Waals surface area contributed by atoms with Crippen LogP contribution in [0, 0.1) is 11.3 Å². The highest BCUT2D eigenvalue weighted by molar-refractivity contribution is 7.92. The predicted molar refractivity (Wildman–Crippen MR) is 110 cm³/mol. The summed E-state index contributed by atoms with van der Waals surface area (Å²) in [6, 6.07) is 6.69. The van der Waals surface area contributed by atoms with Gasteiger partial charge in [-0.2, -0.15) is 0 Å². The van der Waals surface area contributed by atoms with Gasteiger partial charge in [0.25, 0.3) is 0 Å². The molecule has 1 saturated heterocycles. The molecule has 2 unspecified atom stereocenters. The second-order valence-electron chi connectivity index (χ2n) is 8.57. The minimum absolute atomic E-state index is 0.0672. The molecule has 1 aliphatic rings. The second kappa shape index (κ2) is 8.51. The topological polar surface area (TPSA) is 95.6 Å². The third-order valence-electron chi connectivity index (χ3n) is 4.77. The van der Waals surface area contributed by atoms with Crippen molar-refractivity contribution in [2.45, 2.75) is 46.6 Å². The Morgan fingerprint density at radius 3 is 2.54 bits per heavy atom. The monoisotopic (exact) mass is 409 g/mol. The molecule has 1 heterocycles. The van der Waals surface area contributed by atoms with Crippen LogP contribution in [-0.2, 0) is 19.6 Å². The number of rotatable bonds is 5. The first-order valence-electron chi connectivity index (χ1n) is 9.54. The number of nitrogens with zero attached hydrogens (tertiary/aromatic N) is 1. The molecule has 0 radical (unpaired) electrons. The number of nitrogens with one attached hydrogen (secondary N) is 2. The molecule has 0 aromatic heterocycles. The fourth-order valence-corrected chi connectivity index (χ4v) is 3.91. The second-order valence-corrected chi connectivity index (χ2v) is 10.3. The predicted octanol–water partition coefficient (Wildman–Crippen LogP) is 2.52. The number of anilines is 1. The van der Waals surface area contributed by atoms with Crippen LogP contribution in [0.25, 0.3) is 0 Å². The number of sulfonamides is 1. The van der Waals surface area contributed by atoms with Gasteiger partial charge in [0, 0.05) is 24.2 Å². The fraction of sp³-hybridized carbons (Fsp3) is 0.600. The van der Waals surface area contributed by atoms with Crippen molar-refractivity contribution in [1.29, 1.82) is 0 Å². The van der Waals surface area contributed by atoms with Crippen molar-refractivity contribution in [2.24, 2.45) is 11.3 Å². The fourth-order valence-electron chi connectivity index (χ4n) is 3.35. The van der Waals surface area contributed by atoms with Gasteiger partial charge in [-0.15, -0.1) is 0 Å². The summed E-state index contributed by atoms with van der Waals surface area (Å²) in [5, 5.41) is 3.00. The lowest BCUT2D eigenvalue weighted by molar-refractivity contribution is -0.142. The van der Waals surface area contributed by atoms with Crippen LogP contribution in [0.15, 0.2) is 24.3 Å². The molecule has 156 valence electrons. The maximum Gasteiger partial charge on any atom is 0.229 e. The van der Waals surface area contributed by atoms with E-state index in [1.807, 2.05) is 33.8 Å². The highest BCUT2D eigenvalue weighted by Gasteiger charge is 2.33. The Labute approximate surface area is 167 Å². The standard InChI is InChI=1S/C20H31N3O4S/c1-14(15-8-6-10-17(12-15)22-28(5,26)27)21-18(24)16-9-7-11-23(13-16)19(25)20(2,3)4/h6,8,10,12,14,16,22H,7,9,11,13H2,1-5H3,(H,21,24). The van der Waals surface area contributed by atoms with Crippen LogP contribution < -0.4 is 10.0 Å². The van der Waals surface area contributed by atoms with Crippen LogP contribution >= 0.6 is 0 Å². The van der Waals surface area contributed by atoms with Gasteiger partial charge in [-0.1, -0.05) is 32.9 Å². The zero-order chi connectivity index (χ0) is 21.1. The Balaban J connectivity index is 2.02. The van der Waals surface area contributed by atoms with E-state index in [2.05, 4.69) is 10.0 Å². The van der Waals surface area contributed by atoms with Crippen LogP contribution in [0.4, 0.5) is 5.69 Å². The van der Waals surface area contributed by atoms with Gasteiger partial charge in [0.05, 0.1) is 18.2 Å². The van der Waals surface area contributed by atoms with Gasteiger partial charge < -0.3 is 10.2 Å². The Morgan fingerprint density at radius 2 is 1.93 bits per heavy atom. The first kappa shape index (κ1) is 22.2. The van der Waals surface area contributed by atoms with Crippen molar-refractivity contribution in [3.63, 3.8) is 0 Å². The largest absolute Gasteiger partial charge is 0.349 e. The number of benzene rings is 1. The van der Waals surface area contributed by atoms with Crippen LogP contribution in [0.3, 0.4) is 0 Å². The molecule has 7 nitrogen and oxygen atoms in total. The SMILES string of the molecule is CC(NC(=O)C1CCCN(C(=O)C(C)(C)C)C1)c1cccc(NS(C)(=O)=O)c1. The summed E-state index contributed by atoms with van der Waals surface area (Å²) < 4.78 is 25.3. The van der Waals surface area contributed by atoms with Crippen molar-refractivity contribution in [1.82, 2.24) is 10.2 Å². The number of amides is 2. The summed E-state index contributed by atoms with van der Waals surface area (Å²) in [6.07, 6.45) is 2.66. The van der Waals surface area contributed by atoms with Gasteiger partial charge in [-0.3, -0.25) is 14.3 Å². The van der Waals surface area contributed by atoms with Gasteiger partial charge >= 0.3 is 0 Å². The lowest BCUT2D eigenvalue weighted by atomic mass is 9.90. The van der Waals surface area contributed by atoms with E-state index in [1.165, 1.54) is 0 Å². The Morgan fingerprint density at radius 1 is 1.25 bits per heavy atom. The third-order valence-corrected chi connectivity index (χ3v) is 5.38. The Hall–Kier alpha value is -2.09. The molecule has 2 N–H and O–H groups in total. The summed E-state index contributed by atoms with van der Waals surface area (Å²) >= 11 is 0. The quantitative estimate of drug-likeness (QED) is 0.781. The third kappa shape index (κ3) is 6.22. The molecule has 1 aromatic rings. The van der Waals surface area contributed by atoms with Gasteiger partial charge in [-0.05, 0) is 37.5 Å². The van der Waals surface area contributed by atoms with Crippen molar-refractivity contribution in [3.05, 3.63) is 29.8 Å². The van der Waals surface area contributed by atoms with Gasteiger partial charge in [0.15, 0.2) is 0 Å². The van der Waals surface area contributed by atoms with Gasteiger partial charge in [0.1, 0.15) is 0 Å².